The number of halogens is 2. The molecule has 6 atom stereocenters. The minimum absolute atomic E-state index is 0.0539. The van der Waals surface area contributed by atoms with Crippen molar-refractivity contribution in [2.24, 2.45) is 11.8 Å². The molecule has 0 bridgehead atoms. The normalized spacial score (nSPS) is 25.4. The third-order valence-corrected chi connectivity index (χ3v) is 12.2. The lowest BCUT2D eigenvalue weighted by Gasteiger charge is -2.35. The predicted octanol–water partition coefficient (Wildman–Crippen LogP) is 9.06. The molecule has 6 N–H and O–H groups in total. The molecule has 12 nitrogen and oxygen atoms in total. The molecule has 0 aromatic heterocycles. The molecule has 2 heterocycles. The van der Waals surface area contributed by atoms with Crippen LogP contribution in [-0.2, 0) is 19.1 Å². The van der Waals surface area contributed by atoms with E-state index in [9.17, 15) is 19.2 Å². The first kappa shape index (κ1) is 40.2. The second-order valence-electron chi connectivity index (χ2n) is 17.3. The minimum Gasteiger partial charge on any atom is -0.444 e. The number of carbonyl (C=O) groups excluding carboxylic acids is 4. The van der Waals surface area contributed by atoms with Gasteiger partial charge in [0.25, 0.3) is 0 Å². The average molecular weight is 875 g/mol. The second kappa shape index (κ2) is 15.5. The molecule has 0 radical (unpaired) electrons. The van der Waals surface area contributed by atoms with E-state index >= 15 is 0 Å². The number of nitrogens with two attached hydrogens (primary N) is 2. The zero-order chi connectivity index (χ0) is 39.3. The van der Waals surface area contributed by atoms with E-state index in [-0.39, 0.29) is 47.1 Å². The molecule has 6 rings (SSSR count). The zero-order valence-electron chi connectivity index (χ0n) is 32.1. The van der Waals surface area contributed by atoms with E-state index in [1.807, 2.05) is 41.5 Å². The summed E-state index contributed by atoms with van der Waals surface area (Å²) in [6.45, 7) is 10.9. The van der Waals surface area contributed by atoms with Crippen LogP contribution in [0.3, 0.4) is 0 Å². The highest BCUT2D eigenvalue weighted by Gasteiger charge is 2.50. The number of amides is 4. The van der Waals surface area contributed by atoms with Crippen LogP contribution in [0.2, 0.25) is 0 Å². The second-order valence-corrected chi connectivity index (χ2v) is 19.0. The lowest BCUT2D eigenvalue weighted by Crippen LogP contribution is -2.49. The van der Waals surface area contributed by atoms with Gasteiger partial charge in [0.2, 0.25) is 11.8 Å². The molecule has 4 aliphatic rings. The quantitative estimate of drug-likeness (QED) is 0.216. The summed E-state index contributed by atoms with van der Waals surface area (Å²) in [4.78, 5) is 58.4. The van der Waals surface area contributed by atoms with Gasteiger partial charge in [0.05, 0.1) is 22.7 Å². The fourth-order valence-electron chi connectivity index (χ4n) is 8.88. The third-order valence-electron chi connectivity index (χ3n) is 11.1. The molecule has 2 saturated carbocycles. The largest absolute Gasteiger partial charge is 0.444 e. The van der Waals surface area contributed by atoms with Gasteiger partial charge >= 0.3 is 12.2 Å². The molecule has 2 saturated heterocycles. The number of fused-ring (bicyclic) bond motifs is 2. The predicted molar refractivity (Wildman–Crippen MR) is 218 cm³/mol. The SMILES string of the molecule is CC(C)(C)OC(=O)N1[C@H](C(=O)Nc2cc(Br)cc(-c3c(Br)ccc(NC(=O)[C@@H]4C[C@@H]5CCCC[C@@H]5N4C(=O)OC(C)(C)C)c3N)c2N)C[C@@H]2CCCC[C@@H]21. The van der Waals surface area contributed by atoms with Gasteiger partial charge in [-0.05, 0) is 116 Å². The van der Waals surface area contributed by atoms with Gasteiger partial charge in [0.1, 0.15) is 23.3 Å². The van der Waals surface area contributed by atoms with E-state index in [1.54, 1.807) is 34.1 Å². The molecular formula is C40H54Br2N6O6. The summed E-state index contributed by atoms with van der Waals surface area (Å²) < 4.78 is 12.8. The highest BCUT2D eigenvalue weighted by molar-refractivity contribution is 9.10. The van der Waals surface area contributed by atoms with Crippen LogP contribution >= 0.6 is 31.9 Å². The number of hydrogen-bond acceptors (Lipinski definition) is 8. The number of anilines is 4. The molecule has 14 heteroatoms. The lowest BCUT2D eigenvalue weighted by atomic mass is 9.85. The Bertz CT molecular complexity index is 1810. The Hall–Kier alpha value is -3.52. The number of nitrogen functional groups attached to an aromatic ring is 2. The van der Waals surface area contributed by atoms with Gasteiger partial charge in [-0.25, -0.2) is 9.59 Å². The van der Waals surface area contributed by atoms with Crippen molar-refractivity contribution >= 4 is 78.6 Å². The molecule has 2 aliphatic carbocycles. The number of benzene rings is 2. The molecule has 0 unspecified atom stereocenters. The Labute approximate surface area is 335 Å². The van der Waals surface area contributed by atoms with Crippen molar-refractivity contribution in [2.75, 3.05) is 22.1 Å². The third kappa shape index (κ3) is 8.49. The standard InChI is InChI=1S/C40H54Br2N6O6/c1-39(2,3)53-37(51)47-28-13-9-7-11-21(28)17-30(47)35(49)45-26-16-15-25(42)32(34(26)44)24-19-23(41)20-27(33(24)43)46-36(50)31-18-22-12-8-10-14-29(22)48(31)38(52)54-40(4,5)6/h15-16,19-22,28-31H,7-14,17-18,43-44H2,1-6H3,(H,45,49)(H,46,50)/t21-,22-,28-,29-,30-,31-/m0/s1. The fourth-order valence-corrected chi connectivity index (χ4v) is 9.90. The van der Waals surface area contributed by atoms with E-state index < -0.39 is 35.5 Å². The van der Waals surface area contributed by atoms with Crippen molar-refractivity contribution in [3.8, 4) is 11.1 Å². The molecule has 4 amide bonds. The highest BCUT2D eigenvalue weighted by atomic mass is 79.9. The molecular weight excluding hydrogens is 820 g/mol. The van der Waals surface area contributed by atoms with Gasteiger partial charge in [-0.3, -0.25) is 19.4 Å². The maximum absolute atomic E-state index is 14.1. The molecule has 2 aromatic carbocycles. The summed E-state index contributed by atoms with van der Waals surface area (Å²) in [5, 5.41) is 6.04. The maximum atomic E-state index is 14.1. The van der Waals surface area contributed by atoms with Gasteiger partial charge in [-0.1, -0.05) is 57.5 Å². The molecule has 0 spiro atoms. The van der Waals surface area contributed by atoms with Crippen molar-refractivity contribution in [3.63, 3.8) is 0 Å². The Morgan fingerprint density at radius 3 is 1.63 bits per heavy atom. The fraction of sp³-hybridized carbons (Fsp3) is 0.600. The summed E-state index contributed by atoms with van der Waals surface area (Å²) in [6.07, 6.45) is 7.84. The topological polar surface area (TPSA) is 169 Å². The molecule has 54 heavy (non-hydrogen) atoms. The smallest absolute Gasteiger partial charge is 0.411 e. The number of carbonyl (C=O) groups is 4. The number of ether oxygens (including phenoxy) is 2. The van der Waals surface area contributed by atoms with E-state index in [1.165, 1.54) is 0 Å². The van der Waals surface area contributed by atoms with Gasteiger partial charge in [0, 0.05) is 32.2 Å². The Balaban J connectivity index is 1.26. The van der Waals surface area contributed by atoms with Crippen LogP contribution in [0.1, 0.15) is 106 Å². The van der Waals surface area contributed by atoms with Crippen LogP contribution in [-0.4, -0.2) is 69.2 Å². The van der Waals surface area contributed by atoms with E-state index in [2.05, 4.69) is 42.5 Å². The summed E-state index contributed by atoms with van der Waals surface area (Å²) in [6, 6.07) is 5.47. The van der Waals surface area contributed by atoms with Crippen LogP contribution in [0.5, 0.6) is 0 Å². The van der Waals surface area contributed by atoms with Gasteiger partial charge in [0.15, 0.2) is 0 Å². The summed E-state index contributed by atoms with van der Waals surface area (Å²) >= 11 is 7.23. The van der Waals surface area contributed by atoms with Gasteiger partial charge in [-0.15, -0.1) is 0 Å². The van der Waals surface area contributed by atoms with Crippen molar-refractivity contribution in [1.82, 2.24) is 9.80 Å². The Morgan fingerprint density at radius 2 is 1.15 bits per heavy atom. The van der Waals surface area contributed by atoms with E-state index in [4.69, 9.17) is 20.9 Å². The number of hydrogen-bond donors (Lipinski definition) is 4. The monoisotopic (exact) mass is 872 g/mol. The first-order valence-corrected chi connectivity index (χ1v) is 20.7. The molecule has 294 valence electrons. The molecule has 2 aromatic rings. The zero-order valence-corrected chi connectivity index (χ0v) is 35.3. The van der Waals surface area contributed by atoms with Gasteiger partial charge in [-0.2, -0.15) is 0 Å². The van der Waals surface area contributed by atoms with Crippen molar-refractivity contribution in [2.45, 2.75) is 141 Å². The van der Waals surface area contributed by atoms with Crippen molar-refractivity contribution < 1.29 is 28.7 Å². The van der Waals surface area contributed by atoms with Crippen molar-refractivity contribution in [1.29, 1.82) is 0 Å². The molecule has 2 aliphatic heterocycles. The number of likely N-dealkylation sites (tertiary alicyclic amines) is 2. The number of rotatable bonds is 5. The van der Waals surface area contributed by atoms with E-state index in [0.717, 1.165) is 51.4 Å². The average Bonchev–Trinajstić information content (AvgIpc) is 3.66. The maximum Gasteiger partial charge on any atom is 0.411 e. The van der Waals surface area contributed by atoms with Gasteiger partial charge < -0.3 is 31.6 Å². The summed E-state index contributed by atoms with van der Waals surface area (Å²) in [7, 11) is 0. The number of nitrogens with one attached hydrogen (secondary N) is 2. The molecule has 4 fully saturated rings. The van der Waals surface area contributed by atoms with Crippen LogP contribution in [0.25, 0.3) is 11.1 Å². The minimum atomic E-state index is -0.718. The Kier molecular flexibility index (Phi) is 11.6. The lowest BCUT2D eigenvalue weighted by molar-refractivity contribution is -0.121. The summed E-state index contributed by atoms with van der Waals surface area (Å²) in [5.74, 6) is -0.238. The highest BCUT2D eigenvalue weighted by Crippen LogP contribution is 2.46. The summed E-state index contributed by atoms with van der Waals surface area (Å²) in [5.41, 5.74) is 14.5. The first-order chi connectivity index (χ1) is 25.3. The van der Waals surface area contributed by atoms with Crippen LogP contribution in [0.4, 0.5) is 32.3 Å². The van der Waals surface area contributed by atoms with Crippen LogP contribution < -0.4 is 22.1 Å². The van der Waals surface area contributed by atoms with Crippen LogP contribution in [0.15, 0.2) is 33.2 Å². The van der Waals surface area contributed by atoms with Crippen LogP contribution in [0, 0.1) is 11.8 Å². The van der Waals surface area contributed by atoms with Crippen molar-refractivity contribution in [3.05, 3.63) is 33.2 Å². The van der Waals surface area contributed by atoms with E-state index in [0.29, 0.717) is 44.3 Å². The first-order valence-electron chi connectivity index (χ1n) is 19.1. The Morgan fingerprint density at radius 1 is 0.685 bits per heavy atom. The number of nitrogens with zero attached hydrogens (tertiary/aromatic N) is 2.